The van der Waals surface area contributed by atoms with Crippen molar-refractivity contribution in [2.45, 2.75) is 38.6 Å². The predicted octanol–water partition coefficient (Wildman–Crippen LogP) is 3.38. The van der Waals surface area contributed by atoms with Crippen LogP contribution in [0.3, 0.4) is 0 Å². The van der Waals surface area contributed by atoms with Gasteiger partial charge in [-0.1, -0.05) is 37.3 Å². The van der Waals surface area contributed by atoms with Crippen LogP contribution < -0.4 is 10.6 Å². The van der Waals surface area contributed by atoms with Crippen LogP contribution in [0.25, 0.3) is 0 Å². The van der Waals surface area contributed by atoms with Crippen LogP contribution >= 0.6 is 11.3 Å². The highest BCUT2D eigenvalue weighted by molar-refractivity contribution is 7.10. The van der Waals surface area contributed by atoms with Crippen LogP contribution in [-0.4, -0.2) is 43.4 Å². The fraction of sp³-hybridized carbons (Fsp3) is 0.455. The minimum absolute atomic E-state index is 0.241. The summed E-state index contributed by atoms with van der Waals surface area (Å²) in [6.45, 7) is 5.36. The number of nitrogens with zero attached hydrogens (tertiary/aromatic N) is 2. The third-order valence-electron chi connectivity index (χ3n) is 5.17. The third-order valence-corrected chi connectivity index (χ3v) is 6.28. The zero-order valence-corrected chi connectivity index (χ0v) is 17.6. The van der Waals surface area contributed by atoms with E-state index in [1.165, 1.54) is 16.0 Å². The van der Waals surface area contributed by atoms with E-state index in [9.17, 15) is 4.79 Å². The molecule has 1 amide bonds. The van der Waals surface area contributed by atoms with Crippen molar-refractivity contribution >= 4 is 23.2 Å². The Morgan fingerprint density at radius 2 is 2.04 bits per heavy atom. The van der Waals surface area contributed by atoms with Gasteiger partial charge in [-0.05, 0) is 35.4 Å². The molecule has 150 valence electrons. The Morgan fingerprint density at radius 1 is 1.21 bits per heavy atom. The summed E-state index contributed by atoms with van der Waals surface area (Å²) in [5, 5.41) is 8.79. The monoisotopic (exact) mass is 398 g/mol. The molecule has 0 saturated heterocycles. The molecular weight excluding hydrogens is 368 g/mol. The van der Waals surface area contributed by atoms with Gasteiger partial charge in [-0.3, -0.25) is 9.79 Å². The molecule has 0 aliphatic carbocycles. The summed E-state index contributed by atoms with van der Waals surface area (Å²) in [6.07, 6.45) is 2.33. The van der Waals surface area contributed by atoms with Crippen LogP contribution in [0.5, 0.6) is 0 Å². The molecule has 6 heteroatoms. The highest BCUT2D eigenvalue weighted by atomic mass is 32.1. The third kappa shape index (κ3) is 5.58. The van der Waals surface area contributed by atoms with Crippen molar-refractivity contribution in [3.05, 3.63) is 57.8 Å². The highest BCUT2D eigenvalue weighted by Crippen LogP contribution is 2.20. The Balaban J connectivity index is 1.35. The van der Waals surface area contributed by atoms with E-state index in [1.54, 1.807) is 18.4 Å². The summed E-state index contributed by atoms with van der Waals surface area (Å²) in [6, 6.07) is 12.7. The maximum atomic E-state index is 12.5. The van der Waals surface area contributed by atoms with Crippen molar-refractivity contribution in [1.29, 1.82) is 0 Å². The molecule has 28 heavy (non-hydrogen) atoms. The van der Waals surface area contributed by atoms with E-state index >= 15 is 0 Å². The Labute approximate surface area is 171 Å². The SMILES string of the molecule is CN=C(NCCCC(=O)N1CCc2ccccc2C1)NCC(C)c1cccs1. The lowest BCUT2D eigenvalue weighted by Gasteiger charge is -2.29. The van der Waals surface area contributed by atoms with Gasteiger partial charge in [-0.25, -0.2) is 0 Å². The van der Waals surface area contributed by atoms with Gasteiger partial charge in [0.25, 0.3) is 0 Å². The molecule has 2 N–H and O–H groups in total. The van der Waals surface area contributed by atoms with E-state index in [0.29, 0.717) is 12.3 Å². The summed E-state index contributed by atoms with van der Waals surface area (Å²) < 4.78 is 0. The molecule has 0 saturated carbocycles. The molecule has 2 aromatic rings. The largest absolute Gasteiger partial charge is 0.356 e. The number of hydrogen-bond donors (Lipinski definition) is 2. The summed E-state index contributed by atoms with van der Waals surface area (Å²) in [5.74, 6) is 1.48. The van der Waals surface area contributed by atoms with Crippen LogP contribution in [0, 0.1) is 0 Å². The van der Waals surface area contributed by atoms with Crippen molar-refractivity contribution in [2.75, 3.05) is 26.7 Å². The number of rotatable bonds is 7. The minimum atomic E-state index is 0.241. The lowest BCUT2D eigenvalue weighted by Crippen LogP contribution is -2.40. The first-order valence-electron chi connectivity index (χ1n) is 10.00. The average Bonchev–Trinajstić information content (AvgIpc) is 3.27. The average molecular weight is 399 g/mol. The van der Waals surface area contributed by atoms with Crippen molar-refractivity contribution in [1.82, 2.24) is 15.5 Å². The van der Waals surface area contributed by atoms with Crippen LogP contribution in [0.2, 0.25) is 0 Å². The molecule has 0 spiro atoms. The summed E-state index contributed by atoms with van der Waals surface area (Å²) in [7, 11) is 1.78. The van der Waals surface area contributed by atoms with Crippen LogP contribution in [0.15, 0.2) is 46.8 Å². The molecule has 3 rings (SSSR count). The maximum absolute atomic E-state index is 12.5. The van der Waals surface area contributed by atoms with E-state index in [-0.39, 0.29) is 5.91 Å². The second-order valence-corrected chi connectivity index (χ2v) is 8.21. The first-order valence-corrected chi connectivity index (χ1v) is 10.9. The van der Waals surface area contributed by atoms with E-state index in [1.807, 2.05) is 4.90 Å². The molecule has 1 atom stereocenters. The molecule has 1 aromatic carbocycles. The van der Waals surface area contributed by atoms with Crippen LogP contribution in [-0.2, 0) is 17.8 Å². The number of aliphatic imine (C=N–C) groups is 1. The molecule has 0 bridgehead atoms. The van der Waals surface area contributed by atoms with Crippen LogP contribution in [0.1, 0.15) is 41.7 Å². The Hall–Kier alpha value is -2.34. The molecule has 5 nitrogen and oxygen atoms in total. The highest BCUT2D eigenvalue weighted by Gasteiger charge is 2.19. The van der Waals surface area contributed by atoms with E-state index in [4.69, 9.17) is 0 Å². The lowest BCUT2D eigenvalue weighted by atomic mass is 9.99. The number of nitrogens with one attached hydrogen (secondary N) is 2. The zero-order valence-electron chi connectivity index (χ0n) is 16.8. The number of hydrogen-bond acceptors (Lipinski definition) is 3. The normalized spacial score (nSPS) is 15.1. The number of carbonyl (C=O) groups excluding carboxylic acids is 1. The zero-order chi connectivity index (χ0) is 19.8. The smallest absolute Gasteiger partial charge is 0.222 e. The number of guanidine groups is 1. The molecule has 1 unspecified atom stereocenters. The van der Waals surface area contributed by atoms with E-state index < -0.39 is 0 Å². The van der Waals surface area contributed by atoms with Gasteiger partial charge in [0.1, 0.15) is 0 Å². The number of fused-ring (bicyclic) bond motifs is 1. The van der Waals surface area contributed by atoms with Gasteiger partial charge in [0.2, 0.25) is 5.91 Å². The van der Waals surface area contributed by atoms with Gasteiger partial charge < -0.3 is 15.5 Å². The van der Waals surface area contributed by atoms with Gasteiger partial charge in [0, 0.05) is 50.4 Å². The second-order valence-electron chi connectivity index (χ2n) is 7.23. The van der Waals surface area contributed by atoms with Gasteiger partial charge in [-0.15, -0.1) is 11.3 Å². The standard InChI is InChI=1S/C22H30N4OS/c1-17(20-9-6-14-28-20)15-25-22(23-2)24-12-5-10-21(27)26-13-11-18-7-3-4-8-19(18)16-26/h3-4,6-9,14,17H,5,10-13,15-16H2,1-2H3,(H2,23,24,25). The quantitative estimate of drug-likeness (QED) is 0.427. The Bertz CT molecular complexity index is 788. The fourth-order valence-electron chi connectivity index (χ4n) is 3.46. The van der Waals surface area contributed by atoms with Gasteiger partial charge in [-0.2, -0.15) is 0 Å². The summed E-state index contributed by atoms with van der Waals surface area (Å²) in [5.41, 5.74) is 2.66. The van der Waals surface area contributed by atoms with Crippen molar-refractivity contribution in [3.8, 4) is 0 Å². The van der Waals surface area contributed by atoms with Gasteiger partial charge in [0.05, 0.1) is 0 Å². The Morgan fingerprint density at radius 3 is 2.79 bits per heavy atom. The molecule has 0 fully saturated rings. The molecule has 1 aliphatic heterocycles. The van der Waals surface area contributed by atoms with E-state index in [2.05, 4.69) is 64.3 Å². The topological polar surface area (TPSA) is 56.7 Å². The second kappa shape index (κ2) is 10.3. The van der Waals surface area contributed by atoms with Crippen molar-refractivity contribution < 1.29 is 4.79 Å². The van der Waals surface area contributed by atoms with Gasteiger partial charge in [0.15, 0.2) is 5.96 Å². The van der Waals surface area contributed by atoms with Crippen LogP contribution in [0.4, 0.5) is 0 Å². The first kappa shape index (κ1) is 20.4. The van der Waals surface area contributed by atoms with E-state index in [0.717, 1.165) is 45.0 Å². The summed E-state index contributed by atoms with van der Waals surface area (Å²) >= 11 is 1.78. The molecule has 1 aliphatic rings. The number of carbonyl (C=O) groups is 1. The molecule has 2 heterocycles. The number of amides is 1. The molecule has 1 aromatic heterocycles. The fourth-order valence-corrected chi connectivity index (χ4v) is 4.24. The predicted molar refractivity (Wildman–Crippen MR) is 117 cm³/mol. The first-order chi connectivity index (χ1) is 13.7. The van der Waals surface area contributed by atoms with Gasteiger partial charge >= 0.3 is 0 Å². The number of thiophene rings is 1. The Kier molecular flexibility index (Phi) is 7.48. The van der Waals surface area contributed by atoms with Crippen molar-refractivity contribution in [3.63, 3.8) is 0 Å². The maximum Gasteiger partial charge on any atom is 0.222 e. The van der Waals surface area contributed by atoms with Crippen molar-refractivity contribution in [2.24, 2.45) is 4.99 Å². The minimum Gasteiger partial charge on any atom is -0.356 e. The molecular formula is C22H30N4OS. The summed E-state index contributed by atoms with van der Waals surface area (Å²) in [4.78, 5) is 20.2. The lowest BCUT2D eigenvalue weighted by molar-refractivity contribution is -0.132. The molecule has 0 radical (unpaired) electrons. The number of benzene rings is 1.